The van der Waals surface area contributed by atoms with Gasteiger partial charge in [0.1, 0.15) is 29.5 Å². The number of carbonyl (C=O) groups excluding carboxylic acids is 1. The molecule has 11 nitrogen and oxygen atoms in total. The Labute approximate surface area is 257 Å². The van der Waals surface area contributed by atoms with Crippen LogP contribution in [0.4, 0.5) is 0 Å². The first-order valence-corrected chi connectivity index (χ1v) is 14.9. The third-order valence-electron chi connectivity index (χ3n) is 12.6. The summed E-state index contributed by atoms with van der Waals surface area (Å²) in [6, 6.07) is 8.22. The van der Waals surface area contributed by atoms with E-state index in [9.17, 15) is 25.2 Å². The number of hydrogen-bond donors (Lipinski definition) is 4. The average molecular weight is 626 g/mol. The van der Waals surface area contributed by atoms with Gasteiger partial charge in [0.15, 0.2) is 0 Å². The summed E-state index contributed by atoms with van der Waals surface area (Å²) in [6.07, 6.45) is -5.28. The standard InChI is InChI=1S/C31H43NO10.ClH/c1-32-13-28(14-38-2)17(33)11-18(39-3)30-16-12-29(36)25(42-27(35)15-9-7-6-8-10-15)19(16)31(37,24(34)26(29)41-5)20(23(30)32)21(40-4)22(28)30;/h6-10,16-26,33-34,36-37H,11-14H2,1-5H3;1H/t16-,17-,18+,19-,20?,21+,22-,23-,24+,25-,26+,28+,29-,30+,31-;/m1./s1. The number of aliphatic hydroxyl groups excluding tert-OH is 2. The van der Waals surface area contributed by atoms with Crippen molar-refractivity contribution < 1.29 is 48.9 Å². The van der Waals surface area contributed by atoms with Gasteiger partial charge in [0.2, 0.25) is 0 Å². The summed E-state index contributed by atoms with van der Waals surface area (Å²) in [5, 5.41) is 49.4. The molecule has 0 radical (unpaired) electrons. The number of likely N-dealkylation sites (tertiary alicyclic amines) is 1. The Morgan fingerprint density at radius 1 is 1.00 bits per heavy atom. The summed E-state index contributed by atoms with van der Waals surface area (Å²) in [4.78, 5) is 15.7. The largest absolute Gasteiger partial charge is 0.455 e. The Morgan fingerprint density at radius 3 is 2.30 bits per heavy atom. The van der Waals surface area contributed by atoms with Gasteiger partial charge in [-0.05, 0) is 31.5 Å². The van der Waals surface area contributed by atoms with Crippen molar-refractivity contribution >= 4 is 18.4 Å². The predicted octanol–water partition coefficient (Wildman–Crippen LogP) is 0.109. The summed E-state index contributed by atoms with van der Waals surface area (Å²) in [6.45, 7) is 0.760. The Hall–Kier alpha value is -1.38. The Morgan fingerprint density at radius 2 is 1.70 bits per heavy atom. The molecule has 1 spiro atoms. The molecule has 1 heterocycles. The molecule has 15 atom stereocenters. The van der Waals surface area contributed by atoms with Crippen LogP contribution < -0.4 is 0 Å². The molecule has 0 aromatic heterocycles. The maximum absolute atomic E-state index is 13.5. The maximum Gasteiger partial charge on any atom is 0.338 e. The van der Waals surface area contributed by atoms with E-state index in [4.69, 9.17) is 23.7 Å². The van der Waals surface area contributed by atoms with Crippen LogP contribution in [0.1, 0.15) is 23.2 Å². The van der Waals surface area contributed by atoms with Gasteiger partial charge in [0, 0.05) is 76.0 Å². The van der Waals surface area contributed by atoms with Gasteiger partial charge < -0.3 is 49.0 Å². The summed E-state index contributed by atoms with van der Waals surface area (Å²) in [5.41, 5.74) is -4.81. The Bertz CT molecular complexity index is 1240. The number of fused-ring (bicyclic) bond motifs is 2. The number of carbonyl (C=O) groups is 1. The third-order valence-corrected chi connectivity index (χ3v) is 12.6. The van der Waals surface area contributed by atoms with Crippen LogP contribution in [0.2, 0.25) is 0 Å². The van der Waals surface area contributed by atoms with Crippen LogP contribution >= 0.6 is 12.4 Å². The zero-order valence-electron chi connectivity index (χ0n) is 25.2. The SMILES string of the molecule is COC[C@]12CN(C)[C@@H]3C4[C@H](OC)[C@H]1[C@@]3([C@@H](OC)C[C@H]2O)[C@@H]1C[C@@]2(O)[C@H](OC(=O)c3ccccc3)[C@@H]1[C@]4(O)[C@@H](O)[C@@H]2OC.Cl. The molecule has 4 N–H and O–H groups in total. The van der Waals surface area contributed by atoms with Crippen LogP contribution in [0.15, 0.2) is 30.3 Å². The van der Waals surface area contributed by atoms with E-state index in [1.165, 1.54) is 7.11 Å². The zero-order valence-corrected chi connectivity index (χ0v) is 26.0. The lowest BCUT2D eigenvalue weighted by molar-refractivity contribution is -0.318. The predicted molar refractivity (Wildman–Crippen MR) is 154 cm³/mol. The van der Waals surface area contributed by atoms with Crippen molar-refractivity contribution in [2.75, 3.05) is 48.6 Å². The third kappa shape index (κ3) is 3.44. The Kier molecular flexibility index (Phi) is 7.58. The molecule has 1 saturated heterocycles. The van der Waals surface area contributed by atoms with Crippen LogP contribution in [0.25, 0.3) is 0 Å². The summed E-state index contributed by atoms with van der Waals surface area (Å²) < 4.78 is 30.3. The molecule has 7 rings (SSSR count). The molecule has 1 aromatic rings. The second-order valence-corrected chi connectivity index (χ2v) is 13.7. The van der Waals surface area contributed by atoms with Crippen molar-refractivity contribution in [3.8, 4) is 0 Å². The summed E-state index contributed by atoms with van der Waals surface area (Å²) in [5.74, 6) is -2.96. The topological polar surface area (TPSA) is 147 Å². The van der Waals surface area contributed by atoms with Gasteiger partial charge in [-0.3, -0.25) is 0 Å². The highest BCUT2D eigenvalue weighted by Gasteiger charge is 2.91. The van der Waals surface area contributed by atoms with Gasteiger partial charge >= 0.3 is 5.97 Å². The van der Waals surface area contributed by atoms with Gasteiger partial charge in [-0.1, -0.05) is 18.2 Å². The van der Waals surface area contributed by atoms with E-state index >= 15 is 0 Å². The highest BCUT2D eigenvalue weighted by molar-refractivity contribution is 5.89. The van der Waals surface area contributed by atoms with Crippen molar-refractivity contribution in [1.29, 1.82) is 0 Å². The lowest BCUT2D eigenvalue weighted by Crippen LogP contribution is -2.80. The molecular weight excluding hydrogens is 582 g/mol. The van der Waals surface area contributed by atoms with Crippen LogP contribution in [-0.4, -0.2) is 134 Å². The number of ether oxygens (including phenoxy) is 5. The van der Waals surface area contributed by atoms with Crippen LogP contribution in [0.3, 0.4) is 0 Å². The first kappa shape index (κ1) is 31.6. The molecule has 6 fully saturated rings. The first-order chi connectivity index (χ1) is 20.0. The molecule has 5 aliphatic carbocycles. The van der Waals surface area contributed by atoms with E-state index in [1.807, 2.05) is 7.05 Å². The monoisotopic (exact) mass is 625 g/mol. The summed E-state index contributed by atoms with van der Waals surface area (Å²) in [7, 11) is 8.22. The van der Waals surface area contributed by atoms with Crippen LogP contribution in [-0.2, 0) is 23.7 Å². The van der Waals surface area contributed by atoms with Gasteiger partial charge in [-0.25, -0.2) is 4.79 Å². The Balaban J connectivity index is 0.00000329. The van der Waals surface area contributed by atoms with E-state index in [-0.39, 0.29) is 37.4 Å². The lowest BCUT2D eigenvalue weighted by Gasteiger charge is -2.69. The fourth-order valence-corrected chi connectivity index (χ4v) is 11.8. The number of aliphatic hydroxyl groups is 4. The van der Waals surface area contributed by atoms with Crippen molar-refractivity contribution in [2.24, 2.45) is 34.5 Å². The van der Waals surface area contributed by atoms with E-state index in [0.717, 1.165) is 0 Å². The summed E-state index contributed by atoms with van der Waals surface area (Å²) >= 11 is 0. The number of piperidine rings is 1. The van der Waals surface area contributed by atoms with E-state index in [2.05, 4.69) is 4.90 Å². The average Bonchev–Trinajstić information content (AvgIpc) is 3.37. The minimum absolute atomic E-state index is 0. The molecule has 1 unspecified atom stereocenters. The number of rotatable bonds is 7. The first-order valence-electron chi connectivity index (χ1n) is 14.9. The number of nitrogens with zero attached hydrogens (tertiary/aromatic N) is 1. The van der Waals surface area contributed by atoms with Crippen molar-refractivity contribution in [2.45, 2.75) is 66.7 Å². The molecule has 43 heavy (non-hydrogen) atoms. The van der Waals surface area contributed by atoms with Gasteiger partial charge in [-0.15, -0.1) is 12.4 Å². The van der Waals surface area contributed by atoms with E-state index in [1.54, 1.807) is 51.7 Å². The minimum atomic E-state index is -1.86. The second-order valence-electron chi connectivity index (χ2n) is 13.7. The highest BCUT2D eigenvalue weighted by atomic mass is 35.5. The van der Waals surface area contributed by atoms with Gasteiger partial charge in [-0.2, -0.15) is 0 Å². The number of hydrogen-bond acceptors (Lipinski definition) is 11. The van der Waals surface area contributed by atoms with Crippen LogP contribution in [0.5, 0.6) is 0 Å². The molecule has 0 amide bonds. The number of esters is 1. The molecule has 1 aromatic carbocycles. The molecule has 7 bridgehead atoms. The molecule has 6 aliphatic rings. The quantitative estimate of drug-likeness (QED) is 0.306. The minimum Gasteiger partial charge on any atom is -0.455 e. The number of methoxy groups -OCH3 is 4. The smallest absolute Gasteiger partial charge is 0.338 e. The lowest BCUT2D eigenvalue weighted by atomic mass is 9.42. The molecule has 12 heteroatoms. The van der Waals surface area contributed by atoms with E-state index in [0.29, 0.717) is 18.5 Å². The molecule has 5 saturated carbocycles. The maximum atomic E-state index is 13.5. The van der Waals surface area contributed by atoms with Crippen molar-refractivity contribution in [3.05, 3.63) is 35.9 Å². The zero-order chi connectivity index (χ0) is 30.0. The van der Waals surface area contributed by atoms with Gasteiger partial charge in [0.05, 0.1) is 30.5 Å². The van der Waals surface area contributed by atoms with Gasteiger partial charge in [0.25, 0.3) is 0 Å². The normalized spacial score (nSPS) is 52.4. The van der Waals surface area contributed by atoms with E-state index < -0.39 is 82.4 Å². The number of halogens is 1. The fourth-order valence-electron chi connectivity index (χ4n) is 11.8. The molecule has 1 aliphatic heterocycles. The second kappa shape index (κ2) is 10.3. The van der Waals surface area contributed by atoms with Crippen molar-refractivity contribution in [3.63, 3.8) is 0 Å². The number of benzene rings is 1. The van der Waals surface area contributed by atoms with Crippen molar-refractivity contribution in [1.82, 2.24) is 4.90 Å². The fraction of sp³-hybridized carbons (Fsp3) is 0.774. The molecular formula is C31H44ClNO10. The van der Waals surface area contributed by atoms with Crippen LogP contribution in [0, 0.1) is 34.5 Å². The molecule has 240 valence electrons. The highest BCUT2D eigenvalue weighted by Crippen LogP contribution is 2.80.